The van der Waals surface area contributed by atoms with Gasteiger partial charge in [-0.05, 0) is 46.3 Å². The first kappa shape index (κ1) is 15.2. The van der Waals surface area contributed by atoms with Gasteiger partial charge < -0.3 is 5.32 Å². The molecule has 0 spiro atoms. The number of hydrogen-bond acceptors (Lipinski definition) is 2. The molecule has 17 heavy (non-hydrogen) atoms. The molecule has 0 aliphatic carbocycles. The molecule has 2 nitrogen and oxygen atoms in total. The normalized spacial score (nSPS) is 11.5. The lowest BCUT2D eigenvalue weighted by Crippen LogP contribution is -2.37. The zero-order chi connectivity index (χ0) is 12.9. The third-order valence-corrected chi connectivity index (χ3v) is 6.02. The number of amides is 1. The Labute approximate surface area is 123 Å². The molecule has 0 aliphatic heterocycles. The van der Waals surface area contributed by atoms with Crippen LogP contribution in [-0.4, -0.2) is 17.8 Å². The summed E-state index contributed by atoms with van der Waals surface area (Å²) in [5.41, 5.74) is 0.171. The van der Waals surface area contributed by atoms with Crippen LogP contribution in [0, 0.1) is 5.41 Å². The predicted octanol–water partition coefficient (Wildman–Crippen LogP) is 4.44. The lowest BCUT2D eigenvalue weighted by atomic mass is 9.84. The molecule has 1 rings (SSSR count). The summed E-state index contributed by atoms with van der Waals surface area (Å²) >= 11 is 8.37. The predicted molar refractivity (Wildman–Crippen MR) is 81.2 cm³/mol. The third kappa shape index (κ3) is 4.07. The van der Waals surface area contributed by atoms with Crippen LogP contribution in [-0.2, 0) is 0 Å². The Morgan fingerprint density at radius 2 is 2.06 bits per heavy atom. The van der Waals surface area contributed by atoms with Crippen molar-refractivity contribution in [2.24, 2.45) is 5.41 Å². The Balaban J connectivity index is 2.58. The fraction of sp³-hybridized carbons (Fsp3) is 0.583. The molecule has 0 unspecified atom stereocenters. The van der Waals surface area contributed by atoms with E-state index in [1.54, 1.807) is 0 Å². The molecule has 0 atom stereocenters. The van der Waals surface area contributed by atoms with Gasteiger partial charge in [-0.2, -0.15) is 0 Å². The average molecular weight is 383 g/mol. The van der Waals surface area contributed by atoms with Gasteiger partial charge in [-0.15, -0.1) is 11.3 Å². The van der Waals surface area contributed by atoms with Crippen LogP contribution >= 0.6 is 43.2 Å². The largest absolute Gasteiger partial charge is 0.351 e. The second kappa shape index (κ2) is 6.90. The Kier molecular flexibility index (Phi) is 6.17. The summed E-state index contributed by atoms with van der Waals surface area (Å²) in [6.45, 7) is 5.05. The fourth-order valence-electron chi connectivity index (χ4n) is 1.53. The molecule has 0 radical (unpaired) electrons. The number of alkyl halides is 1. The van der Waals surface area contributed by atoms with Gasteiger partial charge in [0.1, 0.15) is 0 Å². The lowest BCUT2D eigenvalue weighted by Gasteiger charge is -2.29. The monoisotopic (exact) mass is 381 g/mol. The van der Waals surface area contributed by atoms with Crippen molar-refractivity contribution in [3.05, 3.63) is 20.8 Å². The van der Waals surface area contributed by atoms with Crippen molar-refractivity contribution in [3.8, 4) is 0 Å². The standard InChI is InChI=1S/C12H17Br2NOS/c1-3-12(4-2,7-13)8-15-11(16)9-5-6-10(14)17-9/h5-6H,3-4,7-8H2,1-2H3,(H,15,16). The molecule has 1 heterocycles. The summed E-state index contributed by atoms with van der Waals surface area (Å²) in [6, 6.07) is 3.74. The smallest absolute Gasteiger partial charge is 0.261 e. The Bertz CT molecular complexity index is 366. The molecule has 1 aromatic heterocycles. The zero-order valence-corrected chi connectivity index (χ0v) is 14.0. The molecule has 1 N–H and O–H groups in total. The van der Waals surface area contributed by atoms with Crippen molar-refractivity contribution in [3.63, 3.8) is 0 Å². The van der Waals surface area contributed by atoms with Crippen LogP contribution < -0.4 is 5.32 Å². The minimum Gasteiger partial charge on any atom is -0.351 e. The van der Waals surface area contributed by atoms with Crippen molar-refractivity contribution in [2.45, 2.75) is 26.7 Å². The fourth-order valence-corrected chi connectivity index (χ4v) is 3.82. The molecular formula is C12H17Br2NOS. The van der Waals surface area contributed by atoms with Crippen molar-refractivity contribution in [1.82, 2.24) is 5.32 Å². The van der Waals surface area contributed by atoms with E-state index in [-0.39, 0.29) is 11.3 Å². The molecule has 0 aromatic carbocycles. The summed E-state index contributed by atoms with van der Waals surface area (Å²) in [5, 5.41) is 3.94. The van der Waals surface area contributed by atoms with Crippen LogP contribution in [0.5, 0.6) is 0 Å². The van der Waals surface area contributed by atoms with Crippen molar-refractivity contribution in [2.75, 3.05) is 11.9 Å². The lowest BCUT2D eigenvalue weighted by molar-refractivity contribution is 0.0936. The van der Waals surface area contributed by atoms with Gasteiger partial charge in [-0.25, -0.2) is 0 Å². The SMILES string of the molecule is CCC(CC)(CBr)CNC(=O)c1ccc(Br)s1. The first-order valence-corrected chi connectivity index (χ1v) is 8.39. The van der Waals surface area contributed by atoms with Crippen molar-refractivity contribution < 1.29 is 4.79 Å². The maximum absolute atomic E-state index is 11.9. The molecule has 96 valence electrons. The molecule has 5 heteroatoms. The van der Waals surface area contributed by atoms with Gasteiger partial charge in [-0.3, -0.25) is 4.79 Å². The average Bonchev–Trinajstić information content (AvgIpc) is 2.78. The minimum absolute atomic E-state index is 0.0212. The number of rotatable bonds is 6. The van der Waals surface area contributed by atoms with Gasteiger partial charge in [0.2, 0.25) is 0 Å². The van der Waals surface area contributed by atoms with E-state index < -0.39 is 0 Å². The molecule has 0 bridgehead atoms. The highest BCUT2D eigenvalue weighted by Gasteiger charge is 2.25. The van der Waals surface area contributed by atoms with E-state index in [4.69, 9.17) is 0 Å². The Morgan fingerprint density at radius 1 is 1.41 bits per heavy atom. The Morgan fingerprint density at radius 3 is 2.47 bits per heavy atom. The maximum atomic E-state index is 11.9. The zero-order valence-electron chi connectivity index (χ0n) is 10.1. The van der Waals surface area contributed by atoms with E-state index in [1.807, 2.05) is 12.1 Å². The van der Waals surface area contributed by atoms with E-state index in [0.717, 1.165) is 33.4 Å². The highest BCUT2D eigenvalue weighted by Crippen LogP contribution is 2.28. The summed E-state index contributed by atoms with van der Waals surface area (Å²) in [6.07, 6.45) is 2.12. The van der Waals surface area contributed by atoms with Crippen LogP contribution in [0.25, 0.3) is 0 Å². The van der Waals surface area contributed by atoms with Crippen LogP contribution in [0.1, 0.15) is 36.4 Å². The quantitative estimate of drug-likeness (QED) is 0.724. The van der Waals surface area contributed by atoms with Crippen molar-refractivity contribution in [1.29, 1.82) is 0 Å². The summed E-state index contributed by atoms with van der Waals surface area (Å²) < 4.78 is 0.986. The summed E-state index contributed by atoms with van der Waals surface area (Å²) in [4.78, 5) is 12.7. The molecule has 1 amide bonds. The number of thiophene rings is 1. The third-order valence-electron chi connectivity index (χ3n) is 3.20. The van der Waals surface area contributed by atoms with E-state index >= 15 is 0 Å². The van der Waals surface area contributed by atoms with Gasteiger partial charge in [0.15, 0.2) is 0 Å². The molecule has 0 saturated heterocycles. The van der Waals surface area contributed by atoms with Gasteiger partial charge in [0, 0.05) is 11.9 Å². The highest BCUT2D eigenvalue weighted by atomic mass is 79.9. The van der Waals surface area contributed by atoms with E-state index in [0.29, 0.717) is 0 Å². The van der Waals surface area contributed by atoms with Gasteiger partial charge in [0.05, 0.1) is 8.66 Å². The summed E-state index contributed by atoms with van der Waals surface area (Å²) in [5.74, 6) is 0.0212. The van der Waals surface area contributed by atoms with E-state index in [1.165, 1.54) is 11.3 Å². The Hall–Kier alpha value is 0.130. The second-order valence-electron chi connectivity index (χ2n) is 4.13. The molecule has 0 saturated carbocycles. The first-order valence-electron chi connectivity index (χ1n) is 5.66. The van der Waals surface area contributed by atoms with Crippen LogP contribution in [0.2, 0.25) is 0 Å². The van der Waals surface area contributed by atoms with Gasteiger partial charge in [-0.1, -0.05) is 29.8 Å². The van der Waals surface area contributed by atoms with E-state index in [2.05, 4.69) is 51.0 Å². The van der Waals surface area contributed by atoms with Crippen molar-refractivity contribution >= 4 is 49.1 Å². The number of carbonyl (C=O) groups excluding carboxylic acids is 1. The highest BCUT2D eigenvalue weighted by molar-refractivity contribution is 9.11. The minimum atomic E-state index is 0.0212. The van der Waals surface area contributed by atoms with Crippen LogP contribution in [0.15, 0.2) is 15.9 Å². The molecule has 0 aliphatic rings. The van der Waals surface area contributed by atoms with Gasteiger partial charge >= 0.3 is 0 Å². The molecule has 1 aromatic rings. The molecule has 0 fully saturated rings. The van der Waals surface area contributed by atoms with Crippen LogP contribution in [0.3, 0.4) is 0 Å². The maximum Gasteiger partial charge on any atom is 0.261 e. The number of nitrogens with one attached hydrogen (secondary N) is 1. The first-order chi connectivity index (χ1) is 8.06. The number of carbonyl (C=O) groups is 1. The second-order valence-corrected chi connectivity index (χ2v) is 7.15. The van der Waals surface area contributed by atoms with Gasteiger partial charge in [0.25, 0.3) is 5.91 Å². The summed E-state index contributed by atoms with van der Waals surface area (Å²) in [7, 11) is 0. The topological polar surface area (TPSA) is 29.1 Å². The van der Waals surface area contributed by atoms with Crippen LogP contribution in [0.4, 0.5) is 0 Å². The molecular weight excluding hydrogens is 366 g/mol. The van der Waals surface area contributed by atoms with E-state index in [9.17, 15) is 4.79 Å². The number of hydrogen-bond donors (Lipinski definition) is 1. The number of halogens is 2.